The number of carbonyl (C=O) groups excluding carboxylic acids is 1. The number of piperidine rings is 1. The van der Waals surface area contributed by atoms with E-state index in [4.69, 9.17) is 0 Å². The maximum Gasteiger partial charge on any atom is 0.319 e. The quantitative estimate of drug-likeness (QED) is 0.613. The zero-order chi connectivity index (χ0) is 10.8. The van der Waals surface area contributed by atoms with E-state index in [0.29, 0.717) is 12.8 Å². The lowest BCUT2D eigenvalue weighted by molar-refractivity contribution is -0.131. The molecular formula is C8H15NO4S. The van der Waals surface area contributed by atoms with Gasteiger partial charge in [0.2, 0.25) is 0 Å². The van der Waals surface area contributed by atoms with E-state index in [1.165, 1.54) is 0 Å². The second-order valence-corrected chi connectivity index (χ2v) is 5.39. The van der Waals surface area contributed by atoms with E-state index in [9.17, 15) is 13.2 Å². The molecule has 0 atom stereocenters. The summed E-state index contributed by atoms with van der Waals surface area (Å²) in [4.78, 5) is 12.6. The van der Waals surface area contributed by atoms with Gasteiger partial charge in [-0.25, -0.2) is 0 Å². The minimum absolute atomic E-state index is 0.525. The Kier molecular flexibility index (Phi) is 3.49. The van der Waals surface area contributed by atoms with E-state index in [-0.39, 0.29) is 0 Å². The standard InChI is InChI=1S/C8H15NO4S/c1-7(10)13-14(11,12)8-3-5-9(2)6-4-8/h8H,3-6H2,1-2H3. The van der Waals surface area contributed by atoms with E-state index in [1.54, 1.807) is 0 Å². The summed E-state index contributed by atoms with van der Waals surface area (Å²) >= 11 is 0. The van der Waals surface area contributed by atoms with Crippen LogP contribution in [0.1, 0.15) is 19.8 Å². The lowest BCUT2D eigenvalue weighted by Crippen LogP contribution is -2.38. The van der Waals surface area contributed by atoms with Crippen molar-refractivity contribution in [2.45, 2.75) is 25.0 Å². The van der Waals surface area contributed by atoms with E-state index >= 15 is 0 Å². The second-order valence-electron chi connectivity index (χ2n) is 3.57. The van der Waals surface area contributed by atoms with Crippen molar-refractivity contribution >= 4 is 16.1 Å². The molecule has 0 aromatic rings. The van der Waals surface area contributed by atoms with Gasteiger partial charge in [0.25, 0.3) is 0 Å². The molecule has 1 fully saturated rings. The van der Waals surface area contributed by atoms with Crippen LogP contribution in [-0.4, -0.2) is 44.7 Å². The number of likely N-dealkylation sites (tertiary alicyclic amines) is 1. The summed E-state index contributed by atoms with van der Waals surface area (Å²) in [5.74, 6) is -0.760. The van der Waals surface area contributed by atoms with Crippen molar-refractivity contribution < 1.29 is 17.4 Å². The molecule has 0 bridgehead atoms. The van der Waals surface area contributed by atoms with Gasteiger partial charge in [-0.3, -0.25) is 4.79 Å². The number of rotatable bonds is 2. The van der Waals surface area contributed by atoms with Gasteiger partial charge in [0.1, 0.15) is 0 Å². The fraction of sp³-hybridized carbons (Fsp3) is 0.875. The van der Waals surface area contributed by atoms with Crippen molar-refractivity contribution in [3.8, 4) is 0 Å². The lowest BCUT2D eigenvalue weighted by Gasteiger charge is -2.27. The average Bonchev–Trinajstić information content (AvgIpc) is 2.02. The van der Waals surface area contributed by atoms with Crippen LogP contribution in [0.3, 0.4) is 0 Å². The smallest absolute Gasteiger partial charge is 0.319 e. The largest absolute Gasteiger partial charge is 0.346 e. The van der Waals surface area contributed by atoms with Crippen LogP contribution in [0.5, 0.6) is 0 Å². The highest BCUT2D eigenvalue weighted by Gasteiger charge is 2.31. The molecule has 0 saturated carbocycles. The molecule has 1 saturated heterocycles. The highest BCUT2D eigenvalue weighted by atomic mass is 32.2. The first-order valence-corrected chi connectivity index (χ1v) is 6.01. The molecule has 0 amide bonds. The molecule has 1 heterocycles. The number of hydrogen-bond acceptors (Lipinski definition) is 5. The highest BCUT2D eigenvalue weighted by molar-refractivity contribution is 7.87. The summed E-state index contributed by atoms with van der Waals surface area (Å²) < 4.78 is 27.2. The van der Waals surface area contributed by atoms with Crippen molar-refractivity contribution in [1.29, 1.82) is 0 Å². The van der Waals surface area contributed by atoms with Crippen LogP contribution in [0.2, 0.25) is 0 Å². The Morgan fingerprint density at radius 2 is 1.86 bits per heavy atom. The molecule has 0 spiro atoms. The van der Waals surface area contributed by atoms with Crippen LogP contribution in [0.25, 0.3) is 0 Å². The van der Waals surface area contributed by atoms with Gasteiger partial charge in [0, 0.05) is 6.92 Å². The minimum atomic E-state index is -3.68. The topological polar surface area (TPSA) is 63.7 Å². The van der Waals surface area contributed by atoms with Crippen LogP contribution >= 0.6 is 0 Å². The lowest BCUT2D eigenvalue weighted by atomic mass is 10.1. The predicted molar refractivity (Wildman–Crippen MR) is 51.2 cm³/mol. The summed E-state index contributed by atoms with van der Waals surface area (Å²) in [6.07, 6.45) is 1.07. The molecule has 82 valence electrons. The van der Waals surface area contributed by atoms with Gasteiger partial charge < -0.3 is 9.08 Å². The van der Waals surface area contributed by atoms with E-state index in [1.807, 2.05) is 7.05 Å². The Morgan fingerprint density at radius 1 is 1.36 bits per heavy atom. The number of nitrogens with zero attached hydrogens (tertiary/aromatic N) is 1. The third kappa shape index (κ3) is 2.95. The summed E-state index contributed by atoms with van der Waals surface area (Å²) in [6.45, 7) is 2.56. The molecule has 0 aromatic carbocycles. The molecule has 6 heteroatoms. The van der Waals surface area contributed by atoms with Crippen LogP contribution in [0, 0.1) is 0 Å². The maximum atomic E-state index is 11.4. The Morgan fingerprint density at radius 3 is 2.29 bits per heavy atom. The first-order valence-electron chi connectivity index (χ1n) is 4.54. The molecular weight excluding hydrogens is 206 g/mol. The molecule has 5 nitrogen and oxygen atoms in total. The third-order valence-corrected chi connectivity index (χ3v) is 4.06. The molecule has 1 aliphatic heterocycles. The van der Waals surface area contributed by atoms with Crippen molar-refractivity contribution in [1.82, 2.24) is 4.90 Å². The van der Waals surface area contributed by atoms with E-state index in [0.717, 1.165) is 20.0 Å². The zero-order valence-corrected chi connectivity index (χ0v) is 9.21. The predicted octanol–water partition coefficient (Wildman–Crippen LogP) is -0.0265. The molecule has 0 unspecified atom stereocenters. The molecule has 14 heavy (non-hydrogen) atoms. The first kappa shape index (κ1) is 11.5. The Bertz CT molecular complexity index is 303. The highest BCUT2D eigenvalue weighted by Crippen LogP contribution is 2.18. The Labute approximate surface area is 84.2 Å². The molecule has 1 aliphatic rings. The van der Waals surface area contributed by atoms with E-state index < -0.39 is 21.3 Å². The van der Waals surface area contributed by atoms with Crippen molar-refractivity contribution in [2.24, 2.45) is 0 Å². The molecule has 0 aromatic heterocycles. The molecule has 0 aliphatic carbocycles. The molecule has 0 radical (unpaired) electrons. The number of carbonyl (C=O) groups is 1. The van der Waals surface area contributed by atoms with Crippen LogP contribution in [-0.2, 0) is 19.1 Å². The Balaban J connectivity index is 2.60. The molecule has 1 rings (SSSR count). The minimum Gasteiger partial charge on any atom is -0.346 e. The fourth-order valence-corrected chi connectivity index (χ4v) is 2.76. The first-order chi connectivity index (χ1) is 6.42. The average molecular weight is 221 g/mol. The van der Waals surface area contributed by atoms with Crippen LogP contribution < -0.4 is 0 Å². The zero-order valence-electron chi connectivity index (χ0n) is 8.39. The van der Waals surface area contributed by atoms with Gasteiger partial charge in [-0.1, -0.05) is 0 Å². The van der Waals surface area contributed by atoms with Crippen molar-refractivity contribution in [2.75, 3.05) is 20.1 Å². The third-order valence-electron chi connectivity index (χ3n) is 2.31. The van der Waals surface area contributed by atoms with Gasteiger partial charge in [0.05, 0.1) is 5.25 Å². The van der Waals surface area contributed by atoms with Crippen molar-refractivity contribution in [3.63, 3.8) is 0 Å². The Hall–Kier alpha value is -0.620. The summed E-state index contributed by atoms with van der Waals surface area (Å²) in [5.41, 5.74) is 0. The SMILES string of the molecule is CC(=O)OS(=O)(=O)C1CCN(C)CC1. The summed E-state index contributed by atoms with van der Waals surface area (Å²) in [7, 11) is -1.74. The van der Waals surface area contributed by atoms with Gasteiger partial charge >= 0.3 is 16.1 Å². The van der Waals surface area contributed by atoms with Gasteiger partial charge in [-0.05, 0) is 33.0 Å². The van der Waals surface area contributed by atoms with Crippen molar-refractivity contribution in [3.05, 3.63) is 0 Å². The monoisotopic (exact) mass is 221 g/mol. The fourth-order valence-electron chi connectivity index (χ4n) is 1.51. The van der Waals surface area contributed by atoms with E-state index in [2.05, 4.69) is 9.08 Å². The van der Waals surface area contributed by atoms with Gasteiger partial charge in [-0.15, -0.1) is 0 Å². The second kappa shape index (κ2) is 4.27. The summed E-state index contributed by atoms with van der Waals surface area (Å²) in [5, 5.41) is -0.525. The van der Waals surface area contributed by atoms with Gasteiger partial charge in [0.15, 0.2) is 0 Å². The normalized spacial score (nSPS) is 20.7. The summed E-state index contributed by atoms with van der Waals surface area (Å²) in [6, 6.07) is 0. The number of hydrogen-bond donors (Lipinski definition) is 0. The van der Waals surface area contributed by atoms with Gasteiger partial charge in [-0.2, -0.15) is 8.42 Å². The van der Waals surface area contributed by atoms with Crippen LogP contribution in [0.15, 0.2) is 0 Å². The van der Waals surface area contributed by atoms with Crippen LogP contribution in [0.4, 0.5) is 0 Å². The maximum absolute atomic E-state index is 11.4. The molecule has 0 N–H and O–H groups in total.